The third-order valence-electron chi connectivity index (χ3n) is 4.59. The van der Waals surface area contributed by atoms with Crippen LogP contribution >= 0.6 is 11.6 Å². The van der Waals surface area contributed by atoms with Crippen molar-refractivity contribution < 1.29 is 9.47 Å². The Kier molecular flexibility index (Phi) is 5.54. The number of nitrogen functional groups attached to an aromatic ring is 1. The molecule has 0 amide bonds. The summed E-state index contributed by atoms with van der Waals surface area (Å²) in [6, 6.07) is 17.0. The largest absolute Gasteiger partial charge is 0.493 e. The summed E-state index contributed by atoms with van der Waals surface area (Å²) in [5.41, 5.74) is 9.82. The molecule has 2 aromatic heterocycles. The fraction of sp³-hybridized carbons (Fsp3) is 0.136. The molecule has 0 saturated carbocycles. The predicted octanol–water partition coefficient (Wildman–Crippen LogP) is 4.56. The molecule has 2 aromatic carbocycles. The normalized spacial score (nSPS) is 10.8. The Hall–Kier alpha value is -3.58. The van der Waals surface area contributed by atoms with Gasteiger partial charge in [0, 0.05) is 17.1 Å². The van der Waals surface area contributed by atoms with Gasteiger partial charge in [0.1, 0.15) is 5.52 Å². The highest BCUT2D eigenvalue weighted by molar-refractivity contribution is 6.30. The molecule has 0 aliphatic rings. The van der Waals surface area contributed by atoms with E-state index in [0.29, 0.717) is 39.9 Å². The average Bonchev–Trinajstić information content (AvgIpc) is 2.76. The molecule has 0 fully saturated rings. The topological polar surface area (TPSA) is 95.2 Å². The molecular formula is C22H20ClN5O2. The summed E-state index contributed by atoms with van der Waals surface area (Å²) in [6.45, 7) is 0.522. The quantitative estimate of drug-likeness (QED) is 0.471. The minimum atomic E-state index is 0.178. The molecule has 3 N–H and O–H groups in total. The Bertz CT molecular complexity index is 1220. The monoisotopic (exact) mass is 421 g/mol. The molecular weight excluding hydrogens is 402 g/mol. The number of hydrogen-bond donors (Lipinski definition) is 2. The maximum Gasteiger partial charge on any atom is 0.222 e. The van der Waals surface area contributed by atoms with Crippen molar-refractivity contribution in [1.29, 1.82) is 0 Å². The van der Waals surface area contributed by atoms with E-state index in [1.807, 2.05) is 54.6 Å². The van der Waals surface area contributed by atoms with Crippen LogP contribution in [0.25, 0.3) is 22.3 Å². The fourth-order valence-electron chi connectivity index (χ4n) is 3.14. The number of rotatable bonds is 6. The van der Waals surface area contributed by atoms with Gasteiger partial charge < -0.3 is 20.5 Å². The van der Waals surface area contributed by atoms with Crippen molar-refractivity contribution in [2.75, 3.05) is 25.3 Å². The van der Waals surface area contributed by atoms with Gasteiger partial charge in [-0.15, -0.1) is 0 Å². The first-order chi connectivity index (χ1) is 14.6. The van der Waals surface area contributed by atoms with Gasteiger partial charge >= 0.3 is 0 Å². The first-order valence-electron chi connectivity index (χ1n) is 9.22. The summed E-state index contributed by atoms with van der Waals surface area (Å²) < 4.78 is 10.7. The Morgan fingerprint density at radius 3 is 2.53 bits per heavy atom. The first-order valence-corrected chi connectivity index (χ1v) is 9.60. The van der Waals surface area contributed by atoms with Crippen LogP contribution in [0, 0.1) is 0 Å². The van der Waals surface area contributed by atoms with E-state index in [-0.39, 0.29) is 5.95 Å². The number of pyridine rings is 1. The molecule has 0 saturated heterocycles. The molecule has 4 aromatic rings. The molecule has 152 valence electrons. The lowest BCUT2D eigenvalue weighted by atomic mass is 10.1. The molecule has 30 heavy (non-hydrogen) atoms. The number of nitrogens with one attached hydrogen (secondary N) is 1. The number of anilines is 2. The minimum absolute atomic E-state index is 0.178. The van der Waals surface area contributed by atoms with E-state index in [1.165, 1.54) is 0 Å². The molecule has 0 atom stereocenters. The van der Waals surface area contributed by atoms with E-state index in [0.717, 1.165) is 16.8 Å². The number of nitrogens with two attached hydrogens (primary N) is 1. The molecule has 0 aliphatic carbocycles. The SMILES string of the molecule is COc1ccc(-c2ccc3nc(N)nc(NCc4cccc(Cl)c4)c3n2)cc1OC. The summed E-state index contributed by atoms with van der Waals surface area (Å²) in [7, 11) is 3.20. The van der Waals surface area contributed by atoms with Crippen molar-refractivity contribution in [3.8, 4) is 22.8 Å². The number of methoxy groups -OCH3 is 2. The van der Waals surface area contributed by atoms with Crippen LogP contribution in [0.1, 0.15) is 5.56 Å². The van der Waals surface area contributed by atoms with Crippen molar-refractivity contribution in [1.82, 2.24) is 15.0 Å². The smallest absolute Gasteiger partial charge is 0.222 e. The summed E-state index contributed by atoms with van der Waals surface area (Å²) in [5.74, 6) is 2.02. The number of ether oxygens (including phenoxy) is 2. The van der Waals surface area contributed by atoms with E-state index in [4.69, 9.17) is 31.8 Å². The number of halogens is 1. The first kappa shape index (κ1) is 19.7. The van der Waals surface area contributed by atoms with Gasteiger partial charge in [-0.1, -0.05) is 23.7 Å². The molecule has 0 aliphatic heterocycles. The van der Waals surface area contributed by atoms with Gasteiger partial charge in [0.25, 0.3) is 0 Å². The van der Waals surface area contributed by atoms with E-state index < -0.39 is 0 Å². The number of aromatic nitrogens is 3. The zero-order valence-electron chi connectivity index (χ0n) is 16.5. The van der Waals surface area contributed by atoms with Gasteiger partial charge in [-0.2, -0.15) is 4.98 Å². The van der Waals surface area contributed by atoms with Crippen LogP contribution in [0.4, 0.5) is 11.8 Å². The van der Waals surface area contributed by atoms with Crippen LogP contribution < -0.4 is 20.5 Å². The van der Waals surface area contributed by atoms with Gasteiger partial charge in [-0.3, -0.25) is 0 Å². The van der Waals surface area contributed by atoms with Crippen LogP contribution in [0.15, 0.2) is 54.6 Å². The van der Waals surface area contributed by atoms with Crippen LogP contribution in [0.5, 0.6) is 11.5 Å². The minimum Gasteiger partial charge on any atom is -0.493 e. The highest BCUT2D eigenvalue weighted by Crippen LogP contribution is 2.32. The van der Waals surface area contributed by atoms with Crippen LogP contribution in [0.3, 0.4) is 0 Å². The lowest BCUT2D eigenvalue weighted by Crippen LogP contribution is -2.06. The average molecular weight is 422 g/mol. The van der Waals surface area contributed by atoms with E-state index in [2.05, 4.69) is 15.3 Å². The maximum absolute atomic E-state index is 6.08. The molecule has 0 spiro atoms. The molecule has 4 rings (SSSR count). The third-order valence-corrected chi connectivity index (χ3v) is 4.82. The standard InChI is InChI=1S/C22H20ClN5O2/c1-29-18-9-6-14(11-19(18)30-2)16-7-8-17-20(26-16)21(28-22(24)27-17)25-12-13-4-3-5-15(23)10-13/h3-11H,12H2,1-2H3,(H3,24,25,27,28). The van der Waals surface area contributed by atoms with Crippen molar-refractivity contribution in [2.24, 2.45) is 0 Å². The van der Waals surface area contributed by atoms with Gasteiger partial charge in [0.15, 0.2) is 17.3 Å². The predicted molar refractivity (Wildman–Crippen MR) is 119 cm³/mol. The van der Waals surface area contributed by atoms with Gasteiger partial charge in [0.2, 0.25) is 5.95 Å². The summed E-state index contributed by atoms with van der Waals surface area (Å²) >= 11 is 6.08. The lowest BCUT2D eigenvalue weighted by Gasteiger charge is -2.12. The van der Waals surface area contributed by atoms with Crippen LogP contribution in [-0.4, -0.2) is 29.2 Å². The zero-order chi connectivity index (χ0) is 21.1. The maximum atomic E-state index is 6.08. The highest BCUT2D eigenvalue weighted by Gasteiger charge is 2.12. The Morgan fingerprint density at radius 2 is 1.77 bits per heavy atom. The number of nitrogens with zero attached hydrogens (tertiary/aromatic N) is 3. The fourth-order valence-corrected chi connectivity index (χ4v) is 3.36. The molecule has 2 heterocycles. The lowest BCUT2D eigenvalue weighted by molar-refractivity contribution is 0.355. The number of fused-ring (bicyclic) bond motifs is 1. The third kappa shape index (κ3) is 4.06. The van der Waals surface area contributed by atoms with Crippen LogP contribution in [0.2, 0.25) is 5.02 Å². The summed E-state index contributed by atoms with van der Waals surface area (Å²) in [4.78, 5) is 13.4. The van der Waals surface area contributed by atoms with Crippen LogP contribution in [-0.2, 0) is 6.54 Å². The molecule has 7 nitrogen and oxygen atoms in total. The molecule has 0 unspecified atom stereocenters. The van der Waals surface area contributed by atoms with E-state index >= 15 is 0 Å². The summed E-state index contributed by atoms with van der Waals surface area (Å²) in [5, 5.41) is 3.97. The Balaban J connectivity index is 1.72. The second-order valence-electron chi connectivity index (χ2n) is 6.55. The Labute approximate surface area is 178 Å². The molecule has 8 heteroatoms. The van der Waals surface area contributed by atoms with Gasteiger partial charge in [0.05, 0.1) is 25.4 Å². The Morgan fingerprint density at radius 1 is 0.933 bits per heavy atom. The second kappa shape index (κ2) is 8.42. The van der Waals surface area contributed by atoms with E-state index in [9.17, 15) is 0 Å². The van der Waals surface area contributed by atoms with Gasteiger partial charge in [-0.05, 0) is 48.0 Å². The van der Waals surface area contributed by atoms with Crippen molar-refractivity contribution in [3.05, 3.63) is 65.2 Å². The second-order valence-corrected chi connectivity index (χ2v) is 6.98. The molecule has 0 radical (unpaired) electrons. The van der Waals surface area contributed by atoms with Crippen molar-refractivity contribution in [3.63, 3.8) is 0 Å². The number of hydrogen-bond acceptors (Lipinski definition) is 7. The highest BCUT2D eigenvalue weighted by atomic mass is 35.5. The zero-order valence-corrected chi connectivity index (χ0v) is 17.3. The molecule has 0 bridgehead atoms. The van der Waals surface area contributed by atoms with Gasteiger partial charge in [-0.25, -0.2) is 9.97 Å². The van der Waals surface area contributed by atoms with Crippen molar-refractivity contribution in [2.45, 2.75) is 6.54 Å². The van der Waals surface area contributed by atoms with Crippen molar-refractivity contribution >= 4 is 34.4 Å². The summed E-state index contributed by atoms with van der Waals surface area (Å²) in [6.07, 6.45) is 0. The number of benzene rings is 2. The van der Waals surface area contributed by atoms with E-state index in [1.54, 1.807) is 14.2 Å².